The summed E-state index contributed by atoms with van der Waals surface area (Å²) >= 11 is 13.2. The first-order chi connectivity index (χ1) is 12.1. The molecule has 1 N–H and O–H groups in total. The number of carbonyl (C=O) groups excluding carboxylic acids is 1. The normalized spacial score (nSPS) is 13.0. The average Bonchev–Trinajstić information content (AvgIpc) is 2.61. The van der Waals surface area contributed by atoms with Crippen LogP contribution in [0.25, 0.3) is 0 Å². The summed E-state index contributed by atoms with van der Waals surface area (Å²) in [5, 5.41) is 13.6. The zero-order valence-electron chi connectivity index (χ0n) is 13.3. The number of halogens is 2. The Hall–Kier alpha value is -1.74. The molecule has 1 aliphatic carbocycles. The summed E-state index contributed by atoms with van der Waals surface area (Å²) in [6.45, 7) is 0. The van der Waals surface area contributed by atoms with Gasteiger partial charge in [0.1, 0.15) is 11.1 Å². The number of hydrogen-bond donors (Lipinski definition) is 1. The predicted octanol–water partition coefficient (Wildman–Crippen LogP) is 4.87. The highest BCUT2D eigenvalue weighted by atomic mass is 35.5. The number of rotatable bonds is 4. The van der Waals surface area contributed by atoms with Gasteiger partial charge in [-0.3, -0.25) is 4.79 Å². The minimum atomic E-state index is -0.211. The Morgan fingerprint density at radius 2 is 2.08 bits per heavy atom. The van der Waals surface area contributed by atoms with Crippen LogP contribution >= 0.6 is 35.0 Å². The van der Waals surface area contributed by atoms with E-state index < -0.39 is 0 Å². The molecule has 1 aromatic heterocycles. The molecule has 7 heteroatoms. The fraction of sp³-hybridized carbons (Fsp3) is 0.278. The second kappa shape index (κ2) is 8.09. The number of carbonyl (C=O) groups is 1. The van der Waals surface area contributed by atoms with Crippen molar-refractivity contribution < 1.29 is 4.79 Å². The van der Waals surface area contributed by atoms with Gasteiger partial charge in [-0.15, -0.1) is 0 Å². The lowest BCUT2D eigenvalue weighted by Crippen LogP contribution is -2.15. The Labute approximate surface area is 160 Å². The van der Waals surface area contributed by atoms with Gasteiger partial charge in [0.05, 0.1) is 22.0 Å². The number of pyridine rings is 1. The number of fused-ring (bicyclic) bond motifs is 1. The minimum Gasteiger partial charge on any atom is -0.324 e. The van der Waals surface area contributed by atoms with Crippen molar-refractivity contribution in [3.05, 3.63) is 51.1 Å². The number of nitrogens with zero attached hydrogens (tertiary/aromatic N) is 2. The number of thioether (sulfide) groups is 1. The Bertz CT molecular complexity index is 864. The second-order valence-electron chi connectivity index (χ2n) is 5.73. The second-order valence-corrected chi connectivity index (χ2v) is 7.53. The number of anilines is 1. The molecule has 0 radical (unpaired) electrons. The summed E-state index contributed by atoms with van der Waals surface area (Å²) in [7, 11) is 0. The summed E-state index contributed by atoms with van der Waals surface area (Å²) in [4.78, 5) is 16.8. The van der Waals surface area contributed by atoms with Gasteiger partial charge in [0.15, 0.2) is 0 Å². The molecular formula is C18H15Cl2N3OS. The third kappa shape index (κ3) is 4.46. The molecule has 0 atom stereocenters. The number of nitrogens with one attached hydrogen (secondary N) is 1. The Kier molecular flexibility index (Phi) is 5.85. The van der Waals surface area contributed by atoms with Crippen LogP contribution in [0.2, 0.25) is 10.0 Å². The Balaban J connectivity index is 1.68. The summed E-state index contributed by atoms with van der Waals surface area (Å²) < 4.78 is 0. The van der Waals surface area contributed by atoms with Crippen molar-refractivity contribution in [3.63, 3.8) is 0 Å². The third-order valence-electron chi connectivity index (χ3n) is 3.93. The molecule has 25 heavy (non-hydrogen) atoms. The fourth-order valence-corrected chi connectivity index (χ4v) is 3.95. The van der Waals surface area contributed by atoms with E-state index in [2.05, 4.69) is 16.4 Å². The number of hydrogen-bond acceptors (Lipinski definition) is 4. The zero-order valence-corrected chi connectivity index (χ0v) is 15.6. The van der Waals surface area contributed by atoms with E-state index in [1.807, 2.05) is 6.07 Å². The first-order valence-corrected chi connectivity index (χ1v) is 9.61. The van der Waals surface area contributed by atoms with Crippen LogP contribution in [0.1, 0.15) is 29.7 Å². The van der Waals surface area contributed by atoms with Gasteiger partial charge in [-0.2, -0.15) is 5.26 Å². The SMILES string of the molecule is N#Cc1cc2c(nc1SCC(=O)Nc1ccc(Cl)cc1Cl)CCCC2. The van der Waals surface area contributed by atoms with E-state index in [-0.39, 0.29) is 11.7 Å². The molecule has 0 aliphatic heterocycles. The van der Waals surface area contributed by atoms with E-state index in [1.54, 1.807) is 18.2 Å². The van der Waals surface area contributed by atoms with Gasteiger partial charge in [-0.1, -0.05) is 35.0 Å². The lowest BCUT2D eigenvalue weighted by Gasteiger charge is -2.16. The molecule has 0 saturated carbocycles. The van der Waals surface area contributed by atoms with E-state index in [1.165, 1.54) is 11.8 Å². The van der Waals surface area contributed by atoms with Crippen molar-refractivity contribution in [3.8, 4) is 6.07 Å². The first-order valence-electron chi connectivity index (χ1n) is 7.87. The van der Waals surface area contributed by atoms with E-state index in [4.69, 9.17) is 23.2 Å². The maximum absolute atomic E-state index is 12.2. The maximum Gasteiger partial charge on any atom is 0.234 e. The molecule has 2 aromatic rings. The zero-order chi connectivity index (χ0) is 17.8. The van der Waals surface area contributed by atoms with Crippen LogP contribution in [-0.4, -0.2) is 16.6 Å². The van der Waals surface area contributed by atoms with Crippen LogP contribution in [0, 0.1) is 11.3 Å². The molecule has 0 spiro atoms. The third-order valence-corrected chi connectivity index (χ3v) is 5.47. The number of aromatic nitrogens is 1. The quantitative estimate of drug-likeness (QED) is 0.754. The van der Waals surface area contributed by atoms with Gasteiger partial charge < -0.3 is 5.32 Å². The summed E-state index contributed by atoms with van der Waals surface area (Å²) in [6.07, 6.45) is 4.15. The van der Waals surface area contributed by atoms with Crippen LogP contribution in [-0.2, 0) is 17.6 Å². The Morgan fingerprint density at radius 1 is 1.28 bits per heavy atom. The van der Waals surface area contributed by atoms with Crippen molar-refractivity contribution >= 4 is 46.6 Å². The summed E-state index contributed by atoms with van der Waals surface area (Å²) in [5.41, 5.74) is 3.25. The van der Waals surface area contributed by atoms with Crippen LogP contribution in [0.3, 0.4) is 0 Å². The van der Waals surface area contributed by atoms with Gasteiger partial charge in [0, 0.05) is 10.7 Å². The molecule has 0 unspecified atom stereocenters. The van der Waals surface area contributed by atoms with Gasteiger partial charge in [0.25, 0.3) is 0 Å². The highest BCUT2D eigenvalue weighted by molar-refractivity contribution is 8.00. The van der Waals surface area contributed by atoms with Crippen molar-refractivity contribution in [2.45, 2.75) is 30.7 Å². The minimum absolute atomic E-state index is 0.152. The van der Waals surface area contributed by atoms with E-state index in [0.717, 1.165) is 36.9 Å². The molecule has 0 fully saturated rings. The summed E-state index contributed by atoms with van der Waals surface area (Å²) in [5.74, 6) is -0.0583. The van der Waals surface area contributed by atoms with E-state index in [0.29, 0.717) is 26.3 Å². The molecule has 0 saturated heterocycles. The number of nitriles is 1. The largest absolute Gasteiger partial charge is 0.324 e. The first kappa shape index (κ1) is 18.1. The van der Waals surface area contributed by atoms with Crippen molar-refractivity contribution in [1.29, 1.82) is 5.26 Å². The topological polar surface area (TPSA) is 65.8 Å². The highest BCUT2D eigenvalue weighted by Gasteiger charge is 2.16. The van der Waals surface area contributed by atoms with Gasteiger partial charge in [-0.05, 0) is 55.5 Å². The van der Waals surface area contributed by atoms with Crippen molar-refractivity contribution in [1.82, 2.24) is 4.98 Å². The molecule has 128 valence electrons. The van der Waals surface area contributed by atoms with Crippen LogP contribution < -0.4 is 5.32 Å². The molecule has 1 amide bonds. The maximum atomic E-state index is 12.2. The molecule has 4 nitrogen and oxygen atoms in total. The predicted molar refractivity (Wildman–Crippen MR) is 101 cm³/mol. The van der Waals surface area contributed by atoms with Crippen LogP contribution in [0.5, 0.6) is 0 Å². The molecule has 1 aromatic carbocycles. The number of benzene rings is 1. The fourth-order valence-electron chi connectivity index (χ4n) is 2.72. The number of aryl methyl sites for hydroxylation is 2. The molecule has 1 aliphatic rings. The van der Waals surface area contributed by atoms with E-state index >= 15 is 0 Å². The standard InChI is InChI=1S/C18H15Cl2N3OS/c19-13-5-6-16(14(20)8-13)22-17(24)10-25-18-12(9-21)7-11-3-1-2-4-15(11)23-18/h5-8H,1-4,10H2,(H,22,24). The van der Waals surface area contributed by atoms with Crippen molar-refractivity contribution in [2.75, 3.05) is 11.1 Å². The summed E-state index contributed by atoms with van der Waals surface area (Å²) in [6, 6.07) is 8.99. The number of amides is 1. The van der Waals surface area contributed by atoms with E-state index in [9.17, 15) is 10.1 Å². The van der Waals surface area contributed by atoms with Gasteiger partial charge in [-0.25, -0.2) is 4.98 Å². The highest BCUT2D eigenvalue weighted by Crippen LogP contribution is 2.28. The average molecular weight is 392 g/mol. The van der Waals surface area contributed by atoms with Gasteiger partial charge >= 0.3 is 0 Å². The molecular weight excluding hydrogens is 377 g/mol. The lowest BCUT2D eigenvalue weighted by atomic mass is 9.95. The smallest absolute Gasteiger partial charge is 0.234 e. The monoisotopic (exact) mass is 391 g/mol. The molecule has 3 rings (SSSR count). The molecule has 0 bridgehead atoms. The molecule has 1 heterocycles. The lowest BCUT2D eigenvalue weighted by molar-refractivity contribution is -0.113. The van der Waals surface area contributed by atoms with Crippen molar-refractivity contribution in [2.24, 2.45) is 0 Å². The van der Waals surface area contributed by atoms with Gasteiger partial charge in [0.2, 0.25) is 5.91 Å². The van der Waals surface area contributed by atoms with Crippen LogP contribution in [0.15, 0.2) is 29.3 Å². The van der Waals surface area contributed by atoms with Crippen LogP contribution in [0.4, 0.5) is 5.69 Å². The Morgan fingerprint density at radius 3 is 2.84 bits per heavy atom.